The van der Waals surface area contributed by atoms with E-state index < -0.39 is 0 Å². The molecule has 2 rings (SSSR count). The van der Waals surface area contributed by atoms with Crippen molar-refractivity contribution in [2.24, 2.45) is 0 Å². The topological polar surface area (TPSA) is 45.0 Å². The van der Waals surface area contributed by atoms with E-state index in [9.17, 15) is 0 Å². The number of hydrogen-bond donors (Lipinski definition) is 1. The lowest BCUT2D eigenvalue weighted by atomic mass is 9.98. The SMILES string of the molecule is CC(NCCCOC1CCCCC1)c1ccc(C#N)cc1. The number of rotatable bonds is 7. The third-order valence-electron chi connectivity index (χ3n) is 4.22. The fourth-order valence-corrected chi connectivity index (χ4v) is 2.84. The Labute approximate surface area is 128 Å². The molecule has 3 nitrogen and oxygen atoms in total. The molecular formula is C18H26N2O. The molecule has 1 fully saturated rings. The highest BCUT2D eigenvalue weighted by Gasteiger charge is 2.13. The molecule has 0 spiro atoms. The molecule has 0 amide bonds. The Kier molecular flexibility index (Phi) is 6.72. The minimum Gasteiger partial charge on any atom is -0.378 e. The minimum absolute atomic E-state index is 0.312. The maximum Gasteiger partial charge on any atom is 0.0991 e. The Morgan fingerprint density at radius 3 is 2.62 bits per heavy atom. The van der Waals surface area contributed by atoms with E-state index in [0.717, 1.165) is 19.6 Å². The van der Waals surface area contributed by atoms with Gasteiger partial charge in [0.1, 0.15) is 0 Å². The minimum atomic E-state index is 0.312. The molecular weight excluding hydrogens is 260 g/mol. The third kappa shape index (κ3) is 5.49. The zero-order chi connectivity index (χ0) is 14.9. The molecule has 1 atom stereocenters. The van der Waals surface area contributed by atoms with Gasteiger partial charge in [-0.15, -0.1) is 0 Å². The lowest BCUT2D eigenvalue weighted by Crippen LogP contribution is -2.23. The molecule has 3 heteroatoms. The predicted molar refractivity (Wildman–Crippen MR) is 85.0 cm³/mol. The van der Waals surface area contributed by atoms with Crippen LogP contribution in [0.15, 0.2) is 24.3 Å². The van der Waals surface area contributed by atoms with Crippen molar-refractivity contribution in [1.29, 1.82) is 5.26 Å². The molecule has 1 N–H and O–H groups in total. The molecule has 1 aromatic rings. The Balaban J connectivity index is 1.60. The van der Waals surface area contributed by atoms with E-state index in [1.54, 1.807) is 0 Å². The Bertz CT molecular complexity index is 443. The highest BCUT2D eigenvalue weighted by Crippen LogP contribution is 2.20. The van der Waals surface area contributed by atoms with Gasteiger partial charge >= 0.3 is 0 Å². The van der Waals surface area contributed by atoms with Gasteiger partial charge in [-0.05, 0) is 50.4 Å². The second-order valence-corrected chi connectivity index (χ2v) is 5.89. The Morgan fingerprint density at radius 1 is 1.24 bits per heavy atom. The highest BCUT2D eigenvalue weighted by atomic mass is 16.5. The highest BCUT2D eigenvalue weighted by molar-refractivity contribution is 5.32. The van der Waals surface area contributed by atoms with Crippen LogP contribution in [0.5, 0.6) is 0 Å². The summed E-state index contributed by atoms with van der Waals surface area (Å²) < 4.78 is 5.92. The quantitative estimate of drug-likeness (QED) is 0.772. The summed E-state index contributed by atoms with van der Waals surface area (Å²) in [5.74, 6) is 0. The van der Waals surface area contributed by atoms with Crippen LogP contribution < -0.4 is 5.32 Å². The van der Waals surface area contributed by atoms with Crippen molar-refractivity contribution in [3.63, 3.8) is 0 Å². The molecule has 1 unspecified atom stereocenters. The van der Waals surface area contributed by atoms with E-state index in [1.165, 1.54) is 37.7 Å². The molecule has 0 saturated heterocycles. The molecule has 0 aliphatic heterocycles. The summed E-state index contributed by atoms with van der Waals surface area (Å²) in [4.78, 5) is 0. The van der Waals surface area contributed by atoms with Gasteiger partial charge < -0.3 is 10.1 Å². The van der Waals surface area contributed by atoms with Gasteiger partial charge in [-0.1, -0.05) is 31.4 Å². The van der Waals surface area contributed by atoms with E-state index in [1.807, 2.05) is 24.3 Å². The Hall–Kier alpha value is -1.37. The maximum atomic E-state index is 8.80. The standard InChI is InChI=1S/C18H26N2O/c1-15(17-10-8-16(14-19)9-11-17)20-12-5-13-21-18-6-3-2-4-7-18/h8-11,15,18,20H,2-7,12-13H2,1H3. The predicted octanol–water partition coefficient (Wildman–Crippen LogP) is 3.95. The molecule has 1 aliphatic carbocycles. The van der Waals surface area contributed by atoms with Gasteiger partial charge in [-0.25, -0.2) is 0 Å². The number of nitriles is 1. The van der Waals surface area contributed by atoms with Crippen molar-refractivity contribution in [3.8, 4) is 6.07 Å². The van der Waals surface area contributed by atoms with Crippen LogP contribution in [-0.2, 0) is 4.74 Å². The van der Waals surface area contributed by atoms with E-state index in [4.69, 9.17) is 10.00 Å². The summed E-state index contributed by atoms with van der Waals surface area (Å²) in [5.41, 5.74) is 1.94. The molecule has 1 aliphatic rings. The van der Waals surface area contributed by atoms with Crippen molar-refractivity contribution in [3.05, 3.63) is 35.4 Å². The largest absolute Gasteiger partial charge is 0.378 e. The van der Waals surface area contributed by atoms with Crippen LogP contribution in [0.2, 0.25) is 0 Å². The summed E-state index contributed by atoms with van der Waals surface area (Å²) in [5, 5.41) is 12.3. The second-order valence-electron chi connectivity index (χ2n) is 5.89. The number of hydrogen-bond acceptors (Lipinski definition) is 3. The van der Waals surface area contributed by atoms with Crippen molar-refractivity contribution in [2.75, 3.05) is 13.2 Å². The van der Waals surface area contributed by atoms with Gasteiger partial charge in [0.2, 0.25) is 0 Å². The lowest BCUT2D eigenvalue weighted by Gasteiger charge is -2.22. The van der Waals surface area contributed by atoms with Crippen LogP contribution in [0.1, 0.15) is 62.6 Å². The van der Waals surface area contributed by atoms with Crippen molar-refractivity contribution in [2.45, 2.75) is 57.6 Å². The van der Waals surface area contributed by atoms with Gasteiger partial charge in [0, 0.05) is 12.6 Å². The van der Waals surface area contributed by atoms with Crippen LogP contribution in [0.3, 0.4) is 0 Å². The molecule has 0 aromatic heterocycles. The van der Waals surface area contributed by atoms with Crippen LogP contribution in [-0.4, -0.2) is 19.3 Å². The van der Waals surface area contributed by atoms with E-state index >= 15 is 0 Å². The summed E-state index contributed by atoms with van der Waals surface area (Å²) in [6, 6.07) is 10.3. The Morgan fingerprint density at radius 2 is 1.95 bits per heavy atom. The summed E-state index contributed by atoms with van der Waals surface area (Å²) in [6.07, 6.45) is 8.09. The molecule has 1 aromatic carbocycles. The van der Waals surface area contributed by atoms with E-state index in [-0.39, 0.29) is 0 Å². The number of nitrogens with one attached hydrogen (secondary N) is 1. The van der Waals surface area contributed by atoms with Crippen LogP contribution in [0.25, 0.3) is 0 Å². The third-order valence-corrected chi connectivity index (χ3v) is 4.22. The van der Waals surface area contributed by atoms with Crippen molar-refractivity contribution in [1.82, 2.24) is 5.32 Å². The molecule has 0 bridgehead atoms. The van der Waals surface area contributed by atoms with Crippen LogP contribution in [0, 0.1) is 11.3 Å². The fourth-order valence-electron chi connectivity index (χ4n) is 2.84. The molecule has 114 valence electrons. The van der Waals surface area contributed by atoms with Crippen LogP contribution in [0.4, 0.5) is 0 Å². The molecule has 21 heavy (non-hydrogen) atoms. The van der Waals surface area contributed by atoms with Gasteiger partial charge in [0.05, 0.1) is 17.7 Å². The van der Waals surface area contributed by atoms with Gasteiger partial charge in [0.15, 0.2) is 0 Å². The smallest absolute Gasteiger partial charge is 0.0991 e. The first kappa shape index (κ1) is 16.0. The number of ether oxygens (including phenoxy) is 1. The first-order valence-electron chi connectivity index (χ1n) is 8.14. The lowest BCUT2D eigenvalue weighted by molar-refractivity contribution is 0.0271. The monoisotopic (exact) mass is 286 g/mol. The van der Waals surface area contributed by atoms with Crippen molar-refractivity contribution >= 4 is 0 Å². The van der Waals surface area contributed by atoms with Crippen LogP contribution >= 0.6 is 0 Å². The summed E-state index contributed by atoms with van der Waals surface area (Å²) >= 11 is 0. The zero-order valence-electron chi connectivity index (χ0n) is 13.0. The normalized spacial score (nSPS) is 17.3. The summed E-state index contributed by atoms with van der Waals surface area (Å²) in [7, 11) is 0. The van der Waals surface area contributed by atoms with Gasteiger partial charge in [-0.3, -0.25) is 0 Å². The first-order valence-corrected chi connectivity index (χ1v) is 8.14. The van der Waals surface area contributed by atoms with Gasteiger partial charge in [0.25, 0.3) is 0 Å². The van der Waals surface area contributed by atoms with E-state index in [0.29, 0.717) is 17.7 Å². The maximum absolute atomic E-state index is 8.80. The average molecular weight is 286 g/mol. The molecule has 0 heterocycles. The first-order chi connectivity index (χ1) is 10.3. The number of benzene rings is 1. The summed E-state index contributed by atoms with van der Waals surface area (Å²) in [6.45, 7) is 3.98. The molecule has 0 radical (unpaired) electrons. The number of nitrogens with zero attached hydrogens (tertiary/aromatic N) is 1. The molecule has 1 saturated carbocycles. The average Bonchev–Trinajstić information content (AvgIpc) is 2.55. The van der Waals surface area contributed by atoms with Gasteiger partial charge in [-0.2, -0.15) is 5.26 Å². The fraction of sp³-hybridized carbons (Fsp3) is 0.611. The zero-order valence-corrected chi connectivity index (χ0v) is 13.0. The van der Waals surface area contributed by atoms with Crippen molar-refractivity contribution < 1.29 is 4.74 Å². The second kappa shape index (κ2) is 8.81. The van der Waals surface area contributed by atoms with E-state index in [2.05, 4.69) is 18.3 Å².